The molecule has 1 aliphatic carbocycles. The van der Waals surface area contributed by atoms with Crippen molar-refractivity contribution in [3.8, 4) is 0 Å². The van der Waals surface area contributed by atoms with Crippen LogP contribution in [0.15, 0.2) is 53.9 Å². The molecule has 3 aromatic rings. The van der Waals surface area contributed by atoms with E-state index in [9.17, 15) is 26.0 Å². The van der Waals surface area contributed by atoms with Gasteiger partial charge in [-0.05, 0) is 67.1 Å². The summed E-state index contributed by atoms with van der Waals surface area (Å²) < 4.78 is 83.4. The van der Waals surface area contributed by atoms with E-state index in [4.69, 9.17) is 0 Å². The number of alkyl halides is 3. The van der Waals surface area contributed by atoms with Crippen LogP contribution in [0.5, 0.6) is 0 Å². The van der Waals surface area contributed by atoms with Crippen LogP contribution in [0, 0.1) is 11.7 Å². The Morgan fingerprint density at radius 3 is 2.63 bits per heavy atom. The van der Waals surface area contributed by atoms with Gasteiger partial charge in [0, 0.05) is 25.4 Å². The molecule has 0 spiro atoms. The minimum absolute atomic E-state index is 0.0596. The first-order valence-electron chi connectivity index (χ1n) is 11.1. The van der Waals surface area contributed by atoms with E-state index < -0.39 is 27.6 Å². The lowest BCUT2D eigenvalue weighted by Crippen LogP contribution is -2.24. The number of hydrogen-bond donors (Lipinski definition) is 2. The molecule has 1 heterocycles. The van der Waals surface area contributed by atoms with Crippen molar-refractivity contribution in [1.82, 2.24) is 19.6 Å². The van der Waals surface area contributed by atoms with Crippen LogP contribution in [0.4, 0.5) is 17.6 Å². The van der Waals surface area contributed by atoms with E-state index in [0.717, 1.165) is 23.3 Å². The van der Waals surface area contributed by atoms with Crippen molar-refractivity contribution in [2.45, 2.75) is 36.5 Å². The van der Waals surface area contributed by atoms with Crippen molar-refractivity contribution in [2.24, 2.45) is 13.0 Å². The number of hydrogen-bond acceptors (Lipinski definition) is 4. The lowest BCUT2D eigenvalue weighted by atomic mass is 9.86. The highest BCUT2D eigenvalue weighted by atomic mass is 32.2. The Labute approximate surface area is 201 Å². The van der Waals surface area contributed by atoms with Crippen molar-refractivity contribution >= 4 is 10.0 Å². The molecule has 2 unspecified atom stereocenters. The normalized spacial score (nSPS) is 18.1. The van der Waals surface area contributed by atoms with Crippen molar-refractivity contribution in [1.29, 1.82) is 0 Å². The quantitative estimate of drug-likeness (QED) is 0.453. The summed E-state index contributed by atoms with van der Waals surface area (Å²) in [5, 5.41) is 2.95. The average Bonchev–Trinajstić information content (AvgIpc) is 3.36. The zero-order valence-corrected chi connectivity index (χ0v) is 20.0. The summed E-state index contributed by atoms with van der Waals surface area (Å²) in [5.41, 5.74) is 1.62. The topological polar surface area (TPSA) is 76.0 Å². The fourth-order valence-corrected chi connectivity index (χ4v) is 5.65. The molecule has 0 saturated carbocycles. The molecule has 0 fully saturated rings. The van der Waals surface area contributed by atoms with Crippen molar-refractivity contribution in [3.05, 3.63) is 82.6 Å². The maximum atomic E-state index is 14.9. The molecule has 11 heteroatoms. The van der Waals surface area contributed by atoms with Crippen LogP contribution >= 0.6 is 0 Å². The molecule has 2 N–H and O–H groups in total. The number of imidazole rings is 1. The number of benzene rings is 2. The Hall–Kier alpha value is -2.76. The van der Waals surface area contributed by atoms with Crippen LogP contribution in [-0.4, -0.2) is 31.6 Å². The molecule has 6 nitrogen and oxygen atoms in total. The molecule has 0 saturated heterocycles. The first kappa shape index (κ1) is 25.3. The maximum Gasteiger partial charge on any atom is 0.416 e. The standard InChI is InChI=1S/C24H26F4N4O2S/c1-29-11-17-8-16-10-22(25)18(12-31-35(33,34)23-13-32(2)14-30-23)9-21(16)20(17)7-15-4-3-5-19(6-15)24(26,27)28/h3-6,9-10,13-14,17,20,29,31H,7-8,11-12H2,1-2H3. The van der Waals surface area contributed by atoms with E-state index in [-0.39, 0.29) is 29.0 Å². The molecule has 35 heavy (non-hydrogen) atoms. The minimum atomic E-state index is -4.44. The van der Waals surface area contributed by atoms with Crippen molar-refractivity contribution in [3.63, 3.8) is 0 Å². The van der Waals surface area contributed by atoms with E-state index in [2.05, 4.69) is 15.0 Å². The van der Waals surface area contributed by atoms with Gasteiger partial charge in [0.15, 0.2) is 5.03 Å². The fourth-order valence-electron chi connectivity index (χ4n) is 4.67. The van der Waals surface area contributed by atoms with Crippen LogP contribution < -0.4 is 10.0 Å². The van der Waals surface area contributed by atoms with Gasteiger partial charge in [-0.3, -0.25) is 0 Å². The molecule has 0 bridgehead atoms. The number of sulfonamides is 1. The third-order valence-electron chi connectivity index (χ3n) is 6.34. The number of rotatable bonds is 8. The van der Waals surface area contributed by atoms with Gasteiger partial charge in [-0.25, -0.2) is 22.5 Å². The third kappa shape index (κ3) is 5.57. The highest BCUT2D eigenvalue weighted by Crippen LogP contribution is 2.41. The first-order chi connectivity index (χ1) is 16.5. The lowest BCUT2D eigenvalue weighted by molar-refractivity contribution is -0.137. The number of nitrogens with one attached hydrogen (secondary N) is 2. The van der Waals surface area contributed by atoms with Gasteiger partial charge in [0.05, 0.1) is 11.9 Å². The van der Waals surface area contributed by atoms with Gasteiger partial charge in [-0.15, -0.1) is 0 Å². The predicted octanol–water partition coefficient (Wildman–Crippen LogP) is 3.77. The summed E-state index contributed by atoms with van der Waals surface area (Å²) in [6, 6.07) is 8.30. The summed E-state index contributed by atoms with van der Waals surface area (Å²) in [6.07, 6.45) is -0.806. The predicted molar refractivity (Wildman–Crippen MR) is 123 cm³/mol. The van der Waals surface area contributed by atoms with E-state index in [1.807, 2.05) is 0 Å². The Balaban J connectivity index is 1.61. The molecule has 0 amide bonds. The van der Waals surface area contributed by atoms with Gasteiger partial charge >= 0.3 is 6.18 Å². The van der Waals surface area contributed by atoms with Gasteiger partial charge in [-0.1, -0.05) is 24.3 Å². The first-order valence-corrected chi connectivity index (χ1v) is 12.6. The smallest absolute Gasteiger partial charge is 0.339 e. The molecule has 4 rings (SSSR count). The van der Waals surface area contributed by atoms with Crippen LogP contribution in [0.1, 0.15) is 33.7 Å². The van der Waals surface area contributed by atoms with Crippen molar-refractivity contribution in [2.75, 3.05) is 13.6 Å². The highest BCUT2D eigenvalue weighted by Gasteiger charge is 2.35. The summed E-state index contributed by atoms with van der Waals surface area (Å²) >= 11 is 0. The Bertz CT molecular complexity index is 1320. The van der Waals surface area contributed by atoms with E-state index in [0.29, 0.717) is 24.9 Å². The summed E-state index contributed by atoms with van der Waals surface area (Å²) in [4.78, 5) is 3.83. The van der Waals surface area contributed by atoms with Gasteiger partial charge < -0.3 is 9.88 Å². The van der Waals surface area contributed by atoms with Gasteiger partial charge in [0.25, 0.3) is 10.0 Å². The zero-order chi connectivity index (χ0) is 25.4. The molecule has 2 atom stereocenters. The summed E-state index contributed by atoms with van der Waals surface area (Å²) in [7, 11) is -0.502. The van der Waals surface area contributed by atoms with E-state index in [1.54, 1.807) is 26.2 Å². The molecule has 0 aliphatic heterocycles. The summed E-state index contributed by atoms with van der Waals surface area (Å²) in [5.74, 6) is -0.618. The second kappa shape index (κ2) is 9.71. The van der Waals surface area contributed by atoms with Crippen LogP contribution in [0.25, 0.3) is 0 Å². The second-order valence-corrected chi connectivity index (χ2v) is 10.6. The van der Waals surface area contributed by atoms with Gasteiger partial charge in [0.2, 0.25) is 0 Å². The number of aryl methyl sites for hydroxylation is 1. The molecule has 0 radical (unpaired) electrons. The zero-order valence-electron chi connectivity index (χ0n) is 19.2. The van der Waals surface area contributed by atoms with E-state index in [1.165, 1.54) is 29.2 Å². The van der Waals surface area contributed by atoms with Crippen LogP contribution in [0.2, 0.25) is 0 Å². The number of aromatic nitrogens is 2. The Kier molecular flexibility index (Phi) is 7.03. The lowest BCUT2D eigenvalue weighted by Gasteiger charge is -2.21. The second-order valence-electron chi connectivity index (χ2n) is 8.87. The molecular weight excluding hydrogens is 484 g/mol. The SMILES string of the molecule is CNCC1Cc2cc(F)c(CNS(=O)(=O)c3cn(C)cn3)cc2C1Cc1cccc(C(F)(F)F)c1. The van der Waals surface area contributed by atoms with Crippen molar-refractivity contribution < 1.29 is 26.0 Å². The molecule has 188 valence electrons. The third-order valence-corrected chi connectivity index (χ3v) is 7.63. The number of nitrogens with zero attached hydrogens (tertiary/aromatic N) is 2. The molecule has 1 aromatic heterocycles. The number of halogens is 4. The van der Waals surface area contributed by atoms with Gasteiger partial charge in [-0.2, -0.15) is 13.2 Å². The number of fused-ring (bicyclic) bond motifs is 1. The Morgan fingerprint density at radius 1 is 1.20 bits per heavy atom. The van der Waals surface area contributed by atoms with Crippen LogP contribution in [-0.2, 0) is 42.6 Å². The largest absolute Gasteiger partial charge is 0.416 e. The van der Waals surface area contributed by atoms with E-state index >= 15 is 0 Å². The monoisotopic (exact) mass is 510 g/mol. The minimum Gasteiger partial charge on any atom is -0.339 e. The average molecular weight is 511 g/mol. The molecule has 1 aliphatic rings. The molecule has 2 aromatic carbocycles. The summed E-state index contributed by atoms with van der Waals surface area (Å²) in [6.45, 7) is 0.340. The Morgan fingerprint density at radius 2 is 1.97 bits per heavy atom. The fraction of sp³-hybridized carbons (Fsp3) is 0.375. The van der Waals surface area contributed by atoms with Crippen LogP contribution in [0.3, 0.4) is 0 Å². The highest BCUT2D eigenvalue weighted by molar-refractivity contribution is 7.89. The van der Waals surface area contributed by atoms with Gasteiger partial charge in [0.1, 0.15) is 5.82 Å². The molecular formula is C24H26F4N4O2S. The maximum absolute atomic E-state index is 14.9.